The van der Waals surface area contributed by atoms with Crippen LogP contribution in [0.15, 0.2) is 72.1 Å². The van der Waals surface area contributed by atoms with Gasteiger partial charge in [-0.25, -0.2) is 4.52 Å². The summed E-state index contributed by atoms with van der Waals surface area (Å²) in [6, 6.07) is 18.9. The van der Waals surface area contributed by atoms with Crippen LogP contribution >= 0.6 is 11.8 Å². The molecule has 0 N–H and O–H groups in total. The van der Waals surface area contributed by atoms with Crippen LogP contribution in [0.25, 0.3) is 22.4 Å². The predicted octanol–water partition coefficient (Wildman–Crippen LogP) is 4.95. The first-order valence-electron chi connectivity index (χ1n) is 9.16. The van der Waals surface area contributed by atoms with Crippen molar-refractivity contribution in [2.24, 2.45) is 0 Å². The molecule has 3 heterocycles. The Balaban J connectivity index is 1.52. The van der Waals surface area contributed by atoms with E-state index in [1.54, 1.807) is 11.8 Å². The highest BCUT2D eigenvalue weighted by molar-refractivity contribution is 7.98. The van der Waals surface area contributed by atoms with Crippen molar-refractivity contribution in [3.8, 4) is 11.3 Å². The third kappa shape index (κ3) is 2.96. The monoisotopic (exact) mass is 385 g/mol. The molecule has 0 aliphatic heterocycles. The Morgan fingerprint density at radius 2 is 1.75 bits per heavy atom. The Labute approximate surface area is 167 Å². The molecule has 0 saturated carbocycles. The van der Waals surface area contributed by atoms with Gasteiger partial charge in [0, 0.05) is 23.7 Å². The van der Waals surface area contributed by atoms with E-state index in [2.05, 4.69) is 72.6 Å². The summed E-state index contributed by atoms with van der Waals surface area (Å²) in [6.07, 6.45) is 3.94. The fourth-order valence-electron chi connectivity index (χ4n) is 3.25. The van der Waals surface area contributed by atoms with Crippen molar-refractivity contribution in [1.29, 1.82) is 0 Å². The van der Waals surface area contributed by atoms with Gasteiger partial charge in [0.25, 0.3) is 0 Å². The van der Waals surface area contributed by atoms with Gasteiger partial charge in [0.2, 0.25) is 0 Å². The number of hydrogen-bond acceptors (Lipinski definition) is 4. The maximum Gasteiger partial charge on any atom is 0.196 e. The Morgan fingerprint density at radius 3 is 2.57 bits per heavy atom. The number of thioether (sulfide) groups is 1. The summed E-state index contributed by atoms with van der Waals surface area (Å²) in [6.45, 7) is 4.25. The Morgan fingerprint density at radius 1 is 0.893 bits per heavy atom. The average molecular weight is 385 g/mol. The van der Waals surface area contributed by atoms with E-state index < -0.39 is 0 Å². The lowest BCUT2D eigenvalue weighted by Crippen LogP contribution is -1.94. The van der Waals surface area contributed by atoms with Crippen LogP contribution in [-0.4, -0.2) is 24.2 Å². The molecule has 5 aromatic rings. The van der Waals surface area contributed by atoms with E-state index in [0.717, 1.165) is 33.3 Å². The molecule has 5 nitrogen and oxygen atoms in total. The second-order valence-electron chi connectivity index (χ2n) is 6.91. The summed E-state index contributed by atoms with van der Waals surface area (Å²) < 4.78 is 3.91. The first kappa shape index (κ1) is 17.0. The second-order valence-corrected chi connectivity index (χ2v) is 7.85. The zero-order valence-electron chi connectivity index (χ0n) is 15.7. The van der Waals surface area contributed by atoms with Crippen molar-refractivity contribution in [2.45, 2.75) is 24.8 Å². The van der Waals surface area contributed by atoms with Gasteiger partial charge >= 0.3 is 0 Å². The van der Waals surface area contributed by atoms with Crippen LogP contribution in [-0.2, 0) is 5.75 Å². The van der Waals surface area contributed by atoms with Crippen molar-refractivity contribution in [2.75, 3.05) is 0 Å². The van der Waals surface area contributed by atoms with Gasteiger partial charge in [-0.1, -0.05) is 54.2 Å². The summed E-state index contributed by atoms with van der Waals surface area (Å²) in [5.41, 5.74) is 7.65. The van der Waals surface area contributed by atoms with E-state index in [0.29, 0.717) is 0 Å². The molecule has 0 atom stereocenters. The molecule has 5 rings (SSSR count). The quantitative estimate of drug-likeness (QED) is 0.411. The van der Waals surface area contributed by atoms with Crippen LogP contribution in [0.4, 0.5) is 0 Å². The van der Waals surface area contributed by atoms with Crippen molar-refractivity contribution >= 4 is 22.9 Å². The summed E-state index contributed by atoms with van der Waals surface area (Å²) >= 11 is 1.68. The van der Waals surface area contributed by atoms with E-state index in [1.807, 2.05) is 27.4 Å². The van der Waals surface area contributed by atoms with Gasteiger partial charge in [-0.3, -0.25) is 4.40 Å². The van der Waals surface area contributed by atoms with Gasteiger partial charge < -0.3 is 0 Å². The van der Waals surface area contributed by atoms with E-state index in [-0.39, 0.29) is 0 Å². The molecule has 0 spiro atoms. The maximum atomic E-state index is 4.74. The van der Waals surface area contributed by atoms with Gasteiger partial charge in [0.15, 0.2) is 10.8 Å². The van der Waals surface area contributed by atoms with E-state index in [1.165, 1.54) is 16.7 Å². The highest BCUT2D eigenvalue weighted by Crippen LogP contribution is 2.26. The van der Waals surface area contributed by atoms with Crippen LogP contribution in [0.3, 0.4) is 0 Å². The van der Waals surface area contributed by atoms with Gasteiger partial charge in [-0.05, 0) is 42.7 Å². The lowest BCUT2D eigenvalue weighted by Gasteiger charge is -2.02. The van der Waals surface area contributed by atoms with Gasteiger partial charge in [-0.15, -0.1) is 10.2 Å². The molecule has 0 aliphatic carbocycles. The molecule has 3 aromatic heterocycles. The molecule has 0 fully saturated rings. The third-order valence-corrected chi connectivity index (χ3v) is 6.01. The molecule has 0 bridgehead atoms. The zero-order chi connectivity index (χ0) is 19.1. The fraction of sp³-hybridized carbons (Fsp3) is 0.136. The molecule has 0 unspecified atom stereocenters. The normalized spacial score (nSPS) is 11.5. The lowest BCUT2D eigenvalue weighted by atomic mass is 10.0. The number of nitrogens with zero attached hydrogens (tertiary/aromatic N) is 5. The minimum Gasteiger partial charge on any atom is -0.274 e. The fourth-order valence-corrected chi connectivity index (χ4v) is 4.13. The topological polar surface area (TPSA) is 47.5 Å². The minimum absolute atomic E-state index is 0.820. The molecule has 138 valence electrons. The van der Waals surface area contributed by atoms with E-state index in [9.17, 15) is 0 Å². The molecule has 6 heteroatoms. The molecule has 0 aliphatic rings. The first-order valence-corrected chi connectivity index (χ1v) is 10.1. The van der Waals surface area contributed by atoms with Gasteiger partial charge in [-0.2, -0.15) is 5.10 Å². The summed E-state index contributed by atoms with van der Waals surface area (Å²) in [4.78, 5) is 0. The molecule has 0 amide bonds. The van der Waals surface area contributed by atoms with Crippen LogP contribution in [0, 0.1) is 13.8 Å². The molecule has 0 radical (unpaired) electrons. The number of benzene rings is 2. The molecule has 28 heavy (non-hydrogen) atoms. The molecular weight excluding hydrogens is 366 g/mol. The highest BCUT2D eigenvalue weighted by Gasteiger charge is 2.13. The number of hydrogen-bond donors (Lipinski definition) is 0. The van der Waals surface area contributed by atoms with Crippen LogP contribution in [0.1, 0.15) is 16.7 Å². The van der Waals surface area contributed by atoms with Crippen molar-refractivity contribution in [1.82, 2.24) is 24.2 Å². The van der Waals surface area contributed by atoms with Gasteiger partial charge in [0.05, 0.1) is 5.69 Å². The Bertz CT molecular complexity index is 1290. The minimum atomic E-state index is 0.820. The molecular formula is C22H19N5S. The highest BCUT2D eigenvalue weighted by atomic mass is 32.2. The third-order valence-electron chi connectivity index (χ3n) is 5.00. The lowest BCUT2D eigenvalue weighted by molar-refractivity contribution is 0.895. The van der Waals surface area contributed by atoms with Crippen molar-refractivity contribution < 1.29 is 0 Å². The predicted molar refractivity (Wildman–Crippen MR) is 113 cm³/mol. The van der Waals surface area contributed by atoms with E-state index >= 15 is 0 Å². The maximum absolute atomic E-state index is 4.74. The number of fused-ring (bicyclic) bond motifs is 3. The van der Waals surface area contributed by atoms with Crippen LogP contribution in [0.2, 0.25) is 0 Å². The second kappa shape index (κ2) is 6.80. The number of rotatable bonds is 4. The van der Waals surface area contributed by atoms with Crippen molar-refractivity contribution in [3.63, 3.8) is 0 Å². The Hall–Kier alpha value is -3.12. The number of aryl methyl sites for hydroxylation is 2. The van der Waals surface area contributed by atoms with E-state index in [4.69, 9.17) is 5.10 Å². The van der Waals surface area contributed by atoms with Crippen molar-refractivity contribution in [3.05, 3.63) is 83.7 Å². The molecule has 0 saturated heterocycles. The average Bonchev–Trinajstić information content (AvgIpc) is 3.33. The number of aromatic nitrogens is 5. The Kier molecular flexibility index (Phi) is 4.13. The molecule has 2 aromatic carbocycles. The van der Waals surface area contributed by atoms with Gasteiger partial charge in [0.1, 0.15) is 5.52 Å². The SMILES string of the molecule is Cc1ccc(-c2cc3c4nnc(SCc5ccccc5)n4ccn3n2)cc1C. The summed E-state index contributed by atoms with van der Waals surface area (Å²) in [7, 11) is 0. The smallest absolute Gasteiger partial charge is 0.196 e. The standard InChI is InChI=1S/C22H19N5S/c1-15-8-9-18(12-16(15)2)19-13-20-21-23-24-22(26(21)10-11-27(20)25-19)28-14-17-6-4-3-5-7-17/h3-13H,14H2,1-2H3. The summed E-state index contributed by atoms with van der Waals surface area (Å²) in [5.74, 6) is 0.861. The zero-order valence-corrected chi connectivity index (χ0v) is 16.5. The summed E-state index contributed by atoms with van der Waals surface area (Å²) in [5, 5.41) is 14.5. The van der Waals surface area contributed by atoms with Crippen LogP contribution < -0.4 is 0 Å². The first-order chi connectivity index (χ1) is 13.7. The largest absolute Gasteiger partial charge is 0.274 e. The van der Waals surface area contributed by atoms with Crippen LogP contribution in [0.5, 0.6) is 0 Å².